The van der Waals surface area contributed by atoms with E-state index in [9.17, 15) is 19.1 Å². The monoisotopic (exact) mass is 377 g/mol. The van der Waals surface area contributed by atoms with Gasteiger partial charge >= 0.3 is 5.97 Å². The van der Waals surface area contributed by atoms with Crippen molar-refractivity contribution in [3.05, 3.63) is 47.5 Å². The first-order valence-corrected chi connectivity index (χ1v) is 8.84. The van der Waals surface area contributed by atoms with Crippen molar-refractivity contribution < 1.29 is 23.8 Å². The van der Waals surface area contributed by atoms with Gasteiger partial charge in [-0.1, -0.05) is 13.8 Å². The summed E-state index contributed by atoms with van der Waals surface area (Å²) in [6, 6.07) is 5.21. The molecule has 0 saturated heterocycles. The highest BCUT2D eigenvalue weighted by atomic mass is 19.1. The molecule has 27 heavy (non-hydrogen) atoms. The molecule has 0 aliphatic rings. The molecule has 2 aromatic rings. The molecule has 0 aliphatic heterocycles. The number of benzene rings is 1. The van der Waals surface area contributed by atoms with Gasteiger partial charge in [0, 0.05) is 5.69 Å². The number of carbonyl (C=O) groups is 2. The molecule has 1 amide bonds. The molecule has 1 aromatic carbocycles. The van der Waals surface area contributed by atoms with E-state index in [1.807, 2.05) is 11.6 Å². The van der Waals surface area contributed by atoms with Crippen LogP contribution in [0.3, 0.4) is 0 Å². The van der Waals surface area contributed by atoms with E-state index >= 15 is 0 Å². The van der Waals surface area contributed by atoms with Crippen LogP contribution >= 0.6 is 0 Å². The minimum absolute atomic E-state index is 0.204. The van der Waals surface area contributed by atoms with Gasteiger partial charge < -0.3 is 15.2 Å². The largest absolute Gasteiger partial charge is 0.478 e. The van der Waals surface area contributed by atoms with Crippen LogP contribution in [-0.4, -0.2) is 39.4 Å². The van der Waals surface area contributed by atoms with Crippen LogP contribution in [0.1, 0.15) is 48.8 Å². The number of hydrogen-bond donors (Lipinski definition) is 2. The maximum Gasteiger partial charge on any atom is 0.346 e. The zero-order valence-corrected chi connectivity index (χ0v) is 15.6. The number of rotatable bonds is 9. The van der Waals surface area contributed by atoms with E-state index in [1.165, 1.54) is 30.5 Å². The molecule has 2 N–H and O–H groups in total. The molecule has 146 valence electrons. The Hall–Kier alpha value is -2.90. The van der Waals surface area contributed by atoms with E-state index in [-0.39, 0.29) is 18.3 Å². The van der Waals surface area contributed by atoms with Gasteiger partial charge in [-0.2, -0.15) is 5.10 Å². The molecule has 2 rings (SSSR count). The summed E-state index contributed by atoms with van der Waals surface area (Å²) in [7, 11) is 0. The van der Waals surface area contributed by atoms with Gasteiger partial charge in [-0.15, -0.1) is 0 Å². The highest BCUT2D eigenvalue weighted by molar-refractivity contribution is 5.95. The third-order valence-corrected chi connectivity index (χ3v) is 4.39. The molecular weight excluding hydrogens is 353 g/mol. The van der Waals surface area contributed by atoms with E-state index in [0.29, 0.717) is 5.56 Å². The number of aliphatic carboxylic acids is 1. The second kappa shape index (κ2) is 9.16. The normalized spacial score (nSPS) is 12.0. The predicted molar refractivity (Wildman–Crippen MR) is 97.4 cm³/mol. The molecule has 1 heterocycles. The van der Waals surface area contributed by atoms with Crippen LogP contribution in [0.15, 0.2) is 30.5 Å². The van der Waals surface area contributed by atoms with E-state index in [4.69, 9.17) is 4.74 Å². The Morgan fingerprint density at radius 2 is 1.89 bits per heavy atom. The first kappa shape index (κ1) is 20.4. The summed E-state index contributed by atoms with van der Waals surface area (Å²) in [4.78, 5) is 23.8. The first-order chi connectivity index (χ1) is 12.9. The molecule has 8 heteroatoms. The lowest BCUT2D eigenvalue weighted by atomic mass is 10.1. The summed E-state index contributed by atoms with van der Waals surface area (Å²) in [5.74, 6) is -1.90. The zero-order valence-electron chi connectivity index (χ0n) is 15.6. The topological polar surface area (TPSA) is 93.5 Å². The molecule has 1 aromatic heterocycles. The molecule has 1 atom stereocenters. The first-order valence-electron chi connectivity index (χ1n) is 8.84. The van der Waals surface area contributed by atoms with Crippen molar-refractivity contribution in [3.8, 4) is 5.75 Å². The molecule has 1 unspecified atom stereocenters. The summed E-state index contributed by atoms with van der Waals surface area (Å²) < 4.78 is 20.1. The van der Waals surface area contributed by atoms with Gasteiger partial charge in [-0.25, -0.2) is 9.18 Å². The average Bonchev–Trinajstić information content (AvgIpc) is 3.02. The Kier molecular flexibility index (Phi) is 6.92. The Balaban J connectivity index is 2.03. The minimum Gasteiger partial charge on any atom is -0.478 e. The van der Waals surface area contributed by atoms with E-state index < -0.39 is 23.8 Å². The van der Waals surface area contributed by atoms with Crippen molar-refractivity contribution in [1.29, 1.82) is 0 Å². The fraction of sp³-hybridized carbons (Fsp3) is 0.421. The van der Waals surface area contributed by atoms with Crippen molar-refractivity contribution in [3.63, 3.8) is 0 Å². The van der Waals surface area contributed by atoms with Crippen molar-refractivity contribution in [2.75, 3.05) is 6.54 Å². The van der Waals surface area contributed by atoms with Crippen LogP contribution in [0.4, 0.5) is 4.39 Å². The molecule has 0 bridgehead atoms. The second-order valence-corrected chi connectivity index (χ2v) is 6.17. The number of amides is 1. The second-order valence-electron chi connectivity index (χ2n) is 6.17. The Labute approximate surface area is 157 Å². The summed E-state index contributed by atoms with van der Waals surface area (Å²) >= 11 is 0. The minimum atomic E-state index is -1.30. The van der Waals surface area contributed by atoms with E-state index in [0.717, 1.165) is 18.5 Å². The maximum atomic E-state index is 12.9. The average molecular weight is 377 g/mol. The highest BCUT2D eigenvalue weighted by Gasteiger charge is 2.23. The molecule has 0 saturated carbocycles. The predicted octanol–water partition coefficient (Wildman–Crippen LogP) is 2.95. The standard InChI is InChI=1S/C19H24FN3O4/c1-4-14(5-2)23-12(3)16(10-22-23)18(24)21-11-17(19(25)26)27-15-8-6-13(20)7-9-15/h6-10,14,17H,4-5,11H2,1-3H3,(H,21,24)(H,25,26). The van der Waals surface area contributed by atoms with Crippen LogP contribution in [0.5, 0.6) is 5.75 Å². The molecule has 0 aliphatic carbocycles. The number of nitrogens with one attached hydrogen (secondary N) is 1. The summed E-state index contributed by atoms with van der Waals surface area (Å²) in [5, 5.41) is 16.2. The van der Waals surface area contributed by atoms with E-state index in [2.05, 4.69) is 24.3 Å². The van der Waals surface area contributed by atoms with Crippen LogP contribution in [0, 0.1) is 12.7 Å². The van der Waals surface area contributed by atoms with Crippen molar-refractivity contribution >= 4 is 11.9 Å². The van der Waals surface area contributed by atoms with Gasteiger partial charge in [-0.05, 0) is 44.0 Å². The molecule has 0 spiro atoms. The van der Waals surface area contributed by atoms with Gasteiger partial charge in [0.05, 0.1) is 24.3 Å². The summed E-state index contributed by atoms with van der Waals surface area (Å²) in [6.45, 7) is 5.68. The number of carboxylic acid groups (broad SMARTS) is 1. The number of halogens is 1. The van der Waals surface area contributed by atoms with Crippen molar-refractivity contribution in [2.45, 2.75) is 45.8 Å². The van der Waals surface area contributed by atoms with Gasteiger partial charge in [0.15, 0.2) is 0 Å². The third kappa shape index (κ3) is 5.06. The SMILES string of the molecule is CCC(CC)n1ncc(C(=O)NCC(Oc2ccc(F)cc2)C(=O)O)c1C. The van der Waals surface area contributed by atoms with Gasteiger partial charge in [0.2, 0.25) is 6.10 Å². The van der Waals surface area contributed by atoms with Gasteiger partial charge in [0.1, 0.15) is 11.6 Å². The Bertz CT molecular complexity index is 785. The summed E-state index contributed by atoms with van der Waals surface area (Å²) in [5.41, 5.74) is 1.13. The fourth-order valence-corrected chi connectivity index (χ4v) is 2.79. The Morgan fingerprint density at radius 3 is 2.44 bits per heavy atom. The lowest BCUT2D eigenvalue weighted by Crippen LogP contribution is -2.40. The van der Waals surface area contributed by atoms with Gasteiger partial charge in [0.25, 0.3) is 5.91 Å². The molecule has 7 nitrogen and oxygen atoms in total. The van der Waals surface area contributed by atoms with Gasteiger partial charge in [-0.3, -0.25) is 9.48 Å². The lowest BCUT2D eigenvalue weighted by molar-refractivity contribution is -0.144. The zero-order chi connectivity index (χ0) is 20.0. The third-order valence-electron chi connectivity index (χ3n) is 4.39. The smallest absolute Gasteiger partial charge is 0.346 e. The van der Waals surface area contributed by atoms with Crippen molar-refractivity contribution in [1.82, 2.24) is 15.1 Å². The lowest BCUT2D eigenvalue weighted by Gasteiger charge is -2.17. The molecule has 0 radical (unpaired) electrons. The summed E-state index contributed by atoms with van der Waals surface area (Å²) in [6.07, 6.45) is 1.98. The maximum absolute atomic E-state index is 12.9. The van der Waals surface area contributed by atoms with Crippen LogP contribution < -0.4 is 10.1 Å². The number of hydrogen-bond acceptors (Lipinski definition) is 4. The number of carboxylic acids is 1. The van der Waals surface area contributed by atoms with Crippen LogP contribution in [0.2, 0.25) is 0 Å². The van der Waals surface area contributed by atoms with E-state index in [1.54, 1.807) is 0 Å². The fourth-order valence-electron chi connectivity index (χ4n) is 2.79. The number of ether oxygens (including phenoxy) is 1. The number of aromatic nitrogens is 2. The highest BCUT2D eigenvalue weighted by Crippen LogP contribution is 2.19. The van der Waals surface area contributed by atoms with Crippen LogP contribution in [-0.2, 0) is 4.79 Å². The quantitative estimate of drug-likeness (QED) is 0.701. The Morgan fingerprint density at radius 1 is 1.26 bits per heavy atom. The molecule has 0 fully saturated rings. The number of nitrogens with zero attached hydrogens (tertiary/aromatic N) is 2. The van der Waals surface area contributed by atoms with Crippen molar-refractivity contribution in [2.24, 2.45) is 0 Å². The molecular formula is C19H24FN3O4. The van der Waals surface area contributed by atoms with Crippen LogP contribution in [0.25, 0.3) is 0 Å². The number of carbonyl (C=O) groups excluding carboxylic acids is 1.